The van der Waals surface area contributed by atoms with Gasteiger partial charge in [-0.3, -0.25) is 9.59 Å². The predicted molar refractivity (Wildman–Crippen MR) is 104 cm³/mol. The number of anilines is 1. The van der Waals surface area contributed by atoms with Crippen molar-refractivity contribution in [3.63, 3.8) is 0 Å². The van der Waals surface area contributed by atoms with Crippen LogP contribution in [0.3, 0.4) is 0 Å². The normalized spacial score (nSPS) is 14.9. The van der Waals surface area contributed by atoms with Crippen molar-refractivity contribution in [2.45, 2.75) is 31.8 Å². The van der Waals surface area contributed by atoms with Gasteiger partial charge < -0.3 is 15.0 Å². The van der Waals surface area contributed by atoms with Gasteiger partial charge in [0.2, 0.25) is 5.91 Å². The number of benzene rings is 1. The third kappa shape index (κ3) is 5.39. The number of nitrogens with zero attached hydrogens (tertiary/aromatic N) is 3. The van der Waals surface area contributed by atoms with E-state index in [1.807, 2.05) is 0 Å². The summed E-state index contributed by atoms with van der Waals surface area (Å²) in [5, 5.41) is 7.21. The number of hydrogen-bond acceptors (Lipinski definition) is 5. The van der Waals surface area contributed by atoms with Crippen molar-refractivity contribution in [3.8, 4) is 0 Å². The Morgan fingerprint density at radius 1 is 1.32 bits per heavy atom. The van der Waals surface area contributed by atoms with Crippen molar-refractivity contribution in [1.29, 1.82) is 0 Å². The smallest absolute Gasteiger partial charge is 0.268 e. The SMILES string of the molecule is COCCn1ncc(N2CCC(NC(=O)Cc3cccc(F)c3)CC2)cc1=O. The lowest BCUT2D eigenvalue weighted by Crippen LogP contribution is -2.45. The topological polar surface area (TPSA) is 76.5 Å². The van der Waals surface area contributed by atoms with Gasteiger partial charge in [-0.25, -0.2) is 9.07 Å². The first-order chi connectivity index (χ1) is 13.5. The molecule has 1 aromatic carbocycles. The van der Waals surface area contributed by atoms with E-state index >= 15 is 0 Å². The Labute approximate surface area is 163 Å². The minimum absolute atomic E-state index is 0.0762. The maximum Gasteiger partial charge on any atom is 0.268 e. The van der Waals surface area contributed by atoms with E-state index in [2.05, 4.69) is 15.3 Å². The zero-order valence-corrected chi connectivity index (χ0v) is 15.9. The number of hydrogen-bond donors (Lipinski definition) is 1. The third-order valence-electron chi connectivity index (χ3n) is 4.84. The molecule has 0 unspecified atom stereocenters. The first-order valence-corrected chi connectivity index (χ1v) is 9.40. The molecule has 1 saturated heterocycles. The number of aromatic nitrogens is 2. The highest BCUT2D eigenvalue weighted by Crippen LogP contribution is 2.18. The fraction of sp³-hybridized carbons (Fsp3) is 0.450. The second kappa shape index (κ2) is 9.45. The van der Waals surface area contributed by atoms with Crippen molar-refractivity contribution in [1.82, 2.24) is 15.1 Å². The van der Waals surface area contributed by atoms with Gasteiger partial charge in [-0.1, -0.05) is 12.1 Å². The molecule has 28 heavy (non-hydrogen) atoms. The summed E-state index contributed by atoms with van der Waals surface area (Å²) >= 11 is 0. The van der Waals surface area contributed by atoms with Crippen LogP contribution in [0, 0.1) is 5.82 Å². The van der Waals surface area contributed by atoms with E-state index in [1.54, 1.807) is 31.5 Å². The number of nitrogens with one attached hydrogen (secondary N) is 1. The Bertz CT molecular complexity index is 863. The number of methoxy groups -OCH3 is 1. The van der Waals surface area contributed by atoms with Crippen LogP contribution < -0.4 is 15.8 Å². The maximum atomic E-state index is 13.2. The zero-order valence-electron chi connectivity index (χ0n) is 15.9. The number of rotatable bonds is 7. The van der Waals surface area contributed by atoms with E-state index in [-0.39, 0.29) is 29.7 Å². The average molecular weight is 388 g/mol. The molecule has 0 bridgehead atoms. The third-order valence-corrected chi connectivity index (χ3v) is 4.84. The quantitative estimate of drug-likeness (QED) is 0.775. The molecule has 1 aliphatic heterocycles. The number of piperidine rings is 1. The molecule has 1 fully saturated rings. The van der Waals surface area contributed by atoms with Crippen molar-refractivity contribution < 1.29 is 13.9 Å². The molecule has 0 radical (unpaired) electrons. The summed E-state index contributed by atoms with van der Waals surface area (Å²) in [6, 6.07) is 7.75. The molecule has 2 heterocycles. The summed E-state index contributed by atoms with van der Waals surface area (Å²) in [6.07, 6.45) is 3.42. The highest BCUT2D eigenvalue weighted by Gasteiger charge is 2.21. The Morgan fingerprint density at radius 3 is 2.79 bits per heavy atom. The summed E-state index contributed by atoms with van der Waals surface area (Å²) in [5.74, 6) is -0.442. The first-order valence-electron chi connectivity index (χ1n) is 9.40. The molecule has 0 spiro atoms. The van der Waals surface area contributed by atoms with Crippen LogP contribution in [0.15, 0.2) is 41.3 Å². The second-order valence-electron chi connectivity index (χ2n) is 6.90. The number of ether oxygens (including phenoxy) is 1. The number of halogens is 1. The van der Waals surface area contributed by atoms with Crippen LogP contribution >= 0.6 is 0 Å². The summed E-state index contributed by atoms with van der Waals surface area (Å²) in [6.45, 7) is 2.32. The summed E-state index contributed by atoms with van der Waals surface area (Å²) < 4.78 is 19.6. The van der Waals surface area contributed by atoms with E-state index in [0.717, 1.165) is 31.6 Å². The summed E-state index contributed by atoms with van der Waals surface area (Å²) in [5.41, 5.74) is 1.30. The first kappa shape index (κ1) is 20.0. The van der Waals surface area contributed by atoms with E-state index in [4.69, 9.17) is 4.74 Å². The Kier molecular flexibility index (Phi) is 6.76. The van der Waals surface area contributed by atoms with Gasteiger partial charge in [0, 0.05) is 32.3 Å². The van der Waals surface area contributed by atoms with Crippen molar-refractivity contribution in [3.05, 3.63) is 58.3 Å². The molecular formula is C20H25FN4O3. The van der Waals surface area contributed by atoms with Gasteiger partial charge in [0.15, 0.2) is 0 Å². The van der Waals surface area contributed by atoms with Crippen LogP contribution in [0.1, 0.15) is 18.4 Å². The Hall–Kier alpha value is -2.74. The van der Waals surface area contributed by atoms with Crippen LogP contribution in [0.25, 0.3) is 0 Å². The molecule has 1 aliphatic rings. The largest absolute Gasteiger partial charge is 0.383 e. The van der Waals surface area contributed by atoms with Gasteiger partial charge in [0.05, 0.1) is 31.5 Å². The molecule has 1 amide bonds. The van der Waals surface area contributed by atoms with Crippen molar-refractivity contribution >= 4 is 11.6 Å². The number of carbonyl (C=O) groups is 1. The van der Waals surface area contributed by atoms with Gasteiger partial charge in [-0.05, 0) is 30.5 Å². The molecule has 1 aromatic heterocycles. The van der Waals surface area contributed by atoms with E-state index in [0.29, 0.717) is 18.7 Å². The lowest BCUT2D eigenvalue weighted by atomic mass is 10.0. The minimum atomic E-state index is -0.337. The molecule has 3 rings (SSSR count). The summed E-state index contributed by atoms with van der Waals surface area (Å²) in [4.78, 5) is 26.4. The standard InChI is InChI=1S/C20H25FN4O3/c1-28-10-9-25-20(27)13-18(14-22-25)24-7-5-17(6-8-24)23-19(26)12-15-3-2-4-16(21)11-15/h2-4,11,13-14,17H,5-10,12H2,1H3,(H,23,26). The lowest BCUT2D eigenvalue weighted by molar-refractivity contribution is -0.121. The zero-order chi connectivity index (χ0) is 19.9. The Morgan fingerprint density at radius 2 is 2.11 bits per heavy atom. The monoisotopic (exact) mass is 388 g/mol. The number of carbonyl (C=O) groups excluding carboxylic acids is 1. The highest BCUT2D eigenvalue weighted by atomic mass is 19.1. The van der Waals surface area contributed by atoms with E-state index < -0.39 is 0 Å². The number of amides is 1. The van der Waals surface area contributed by atoms with Crippen molar-refractivity contribution in [2.75, 3.05) is 31.7 Å². The van der Waals surface area contributed by atoms with Gasteiger partial charge >= 0.3 is 0 Å². The van der Waals surface area contributed by atoms with E-state index in [1.165, 1.54) is 16.8 Å². The Balaban J connectivity index is 1.49. The second-order valence-corrected chi connectivity index (χ2v) is 6.90. The molecule has 8 heteroatoms. The van der Waals surface area contributed by atoms with Gasteiger partial charge in [-0.15, -0.1) is 0 Å². The van der Waals surface area contributed by atoms with Gasteiger partial charge in [0.25, 0.3) is 5.56 Å². The molecule has 1 N–H and O–H groups in total. The molecule has 7 nitrogen and oxygen atoms in total. The van der Waals surface area contributed by atoms with Crippen LogP contribution in [-0.2, 0) is 22.5 Å². The van der Waals surface area contributed by atoms with Crippen LogP contribution in [0.5, 0.6) is 0 Å². The predicted octanol–water partition coefficient (Wildman–Crippen LogP) is 1.36. The molecule has 0 atom stereocenters. The fourth-order valence-corrected chi connectivity index (χ4v) is 3.34. The van der Waals surface area contributed by atoms with Crippen LogP contribution in [0.4, 0.5) is 10.1 Å². The van der Waals surface area contributed by atoms with E-state index in [9.17, 15) is 14.0 Å². The van der Waals surface area contributed by atoms with Gasteiger partial charge in [0.1, 0.15) is 5.82 Å². The van der Waals surface area contributed by atoms with Crippen molar-refractivity contribution in [2.24, 2.45) is 0 Å². The van der Waals surface area contributed by atoms with Crippen LogP contribution in [0.2, 0.25) is 0 Å². The lowest BCUT2D eigenvalue weighted by Gasteiger charge is -2.33. The van der Waals surface area contributed by atoms with Gasteiger partial charge in [-0.2, -0.15) is 5.10 Å². The summed E-state index contributed by atoms with van der Waals surface area (Å²) in [7, 11) is 1.58. The highest BCUT2D eigenvalue weighted by molar-refractivity contribution is 5.78. The molecular weight excluding hydrogens is 363 g/mol. The maximum absolute atomic E-state index is 13.2. The van der Waals surface area contributed by atoms with Crippen LogP contribution in [-0.4, -0.2) is 48.5 Å². The molecule has 150 valence electrons. The molecule has 0 aliphatic carbocycles. The molecule has 2 aromatic rings. The molecule has 0 saturated carbocycles. The average Bonchev–Trinajstić information content (AvgIpc) is 2.67. The fourth-order valence-electron chi connectivity index (χ4n) is 3.34. The minimum Gasteiger partial charge on any atom is -0.383 e.